The minimum atomic E-state index is -0.0748. The van der Waals surface area contributed by atoms with Crippen molar-refractivity contribution in [2.45, 2.75) is 27.3 Å². The molecule has 0 bridgehead atoms. The van der Waals surface area contributed by atoms with E-state index in [0.717, 1.165) is 29.1 Å². The zero-order chi connectivity index (χ0) is 15.4. The highest BCUT2D eigenvalue weighted by Gasteiger charge is 2.12. The van der Waals surface area contributed by atoms with Gasteiger partial charge in [-0.3, -0.25) is 9.48 Å². The van der Waals surface area contributed by atoms with Gasteiger partial charge in [-0.1, -0.05) is 6.07 Å². The third kappa shape index (κ3) is 3.62. The number of rotatable bonds is 5. The summed E-state index contributed by atoms with van der Waals surface area (Å²) < 4.78 is 1.76. The number of aryl methyl sites for hydroxylation is 3. The minimum Gasteiger partial charge on any atom is -0.385 e. The van der Waals surface area contributed by atoms with Crippen molar-refractivity contribution in [3.63, 3.8) is 0 Å². The van der Waals surface area contributed by atoms with Crippen LogP contribution in [0, 0.1) is 13.8 Å². The Kier molecular flexibility index (Phi) is 4.62. The van der Waals surface area contributed by atoms with E-state index >= 15 is 0 Å². The number of benzene rings is 1. The number of hydrogen-bond acceptors (Lipinski definition) is 3. The Morgan fingerprint density at radius 3 is 2.71 bits per heavy atom. The van der Waals surface area contributed by atoms with Crippen LogP contribution in [0.1, 0.15) is 34.1 Å². The van der Waals surface area contributed by atoms with E-state index < -0.39 is 0 Å². The Morgan fingerprint density at radius 1 is 1.33 bits per heavy atom. The van der Waals surface area contributed by atoms with E-state index in [9.17, 15) is 4.79 Å². The summed E-state index contributed by atoms with van der Waals surface area (Å²) in [6, 6.07) is 5.80. The highest BCUT2D eigenvalue weighted by atomic mass is 16.1. The first-order valence-corrected chi connectivity index (χ1v) is 7.13. The van der Waals surface area contributed by atoms with Crippen LogP contribution >= 0.6 is 0 Å². The highest BCUT2D eigenvalue weighted by molar-refractivity contribution is 5.99. The predicted octanol–water partition coefficient (Wildman–Crippen LogP) is 2.40. The van der Waals surface area contributed by atoms with Crippen molar-refractivity contribution < 1.29 is 4.79 Å². The second kappa shape index (κ2) is 6.43. The Hall–Kier alpha value is -2.30. The van der Waals surface area contributed by atoms with Gasteiger partial charge in [0.25, 0.3) is 5.91 Å². The Balaban J connectivity index is 2.11. The van der Waals surface area contributed by atoms with Crippen LogP contribution < -0.4 is 10.6 Å². The molecule has 5 heteroatoms. The fourth-order valence-electron chi connectivity index (χ4n) is 2.29. The molecule has 1 amide bonds. The Morgan fingerprint density at radius 2 is 2.10 bits per heavy atom. The SMILES string of the molecule is CCNc1cc(C)ccc1C(=O)NCc1cn(C)nc1C. The maximum absolute atomic E-state index is 12.4. The van der Waals surface area contributed by atoms with Crippen molar-refractivity contribution in [2.75, 3.05) is 11.9 Å². The van der Waals surface area contributed by atoms with E-state index in [2.05, 4.69) is 15.7 Å². The van der Waals surface area contributed by atoms with Crippen LogP contribution in [0.3, 0.4) is 0 Å². The number of hydrogen-bond donors (Lipinski definition) is 2. The first-order valence-electron chi connectivity index (χ1n) is 7.13. The molecule has 2 rings (SSSR count). The van der Waals surface area contributed by atoms with Gasteiger partial charge in [-0.05, 0) is 38.5 Å². The van der Waals surface area contributed by atoms with E-state index in [1.807, 2.05) is 52.2 Å². The second-order valence-electron chi connectivity index (χ2n) is 5.18. The van der Waals surface area contributed by atoms with Crippen LogP contribution in [-0.4, -0.2) is 22.2 Å². The monoisotopic (exact) mass is 286 g/mol. The van der Waals surface area contributed by atoms with Gasteiger partial charge in [-0.15, -0.1) is 0 Å². The molecule has 0 aliphatic rings. The first kappa shape index (κ1) is 15.1. The lowest BCUT2D eigenvalue weighted by Gasteiger charge is -2.12. The van der Waals surface area contributed by atoms with Gasteiger partial charge in [0.1, 0.15) is 0 Å². The molecule has 0 fully saturated rings. The normalized spacial score (nSPS) is 10.5. The molecule has 0 aliphatic heterocycles. The zero-order valence-electron chi connectivity index (χ0n) is 13.0. The number of amides is 1. The first-order chi connectivity index (χ1) is 10.0. The van der Waals surface area contributed by atoms with Crippen LogP contribution in [0.4, 0.5) is 5.69 Å². The molecule has 0 unspecified atom stereocenters. The van der Waals surface area contributed by atoms with Gasteiger partial charge >= 0.3 is 0 Å². The lowest BCUT2D eigenvalue weighted by atomic mass is 10.1. The summed E-state index contributed by atoms with van der Waals surface area (Å²) in [5.41, 5.74) is 4.64. The molecule has 0 saturated carbocycles. The molecule has 0 saturated heterocycles. The topological polar surface area (TPSA) is 59.0 Å². The standard InChI is InChI=1S/C16H22N4O/c1-5-17-15-8-11(2)6-7-14(15)16(21)18-9-13-10-20(4)19-12(13)3/h6-8,10,17H,5,9H2,1-4H3,(H,18,21). The molecule has 0 aliphatic carbocycles. The second-order valence-corrected chi connectivity index (χ2v) is 5.18. The van der Waals surface area contributed by atoms with Crippen molar-refractivity contribution in [3.05, 3.63) is 46.8 Å². The molecule has 21 heavy (non-hydrogen) atoms. The molecule has 0 atom stereocenters. The number of anilines is 1. The van der Waals surface area contributed by atoms with Crippen molar-refractivity contribution in [1.82, 2.24) is 15.1 Å². The maximum atomic E-state index is 12.4. The summed E-state index contributed by atoms with van der Waals surface area (Å²) >= 11 is 0. The maximum Gasteiger partial charge on any atom is 0.253 e. The molecule has 112 valence electrons. The predicted molar refractivity (Wildman–Crippen MR) is 84.5 cm³/mol. The smallest absolute Gasteiger partial charge is 0.253 e. The number of nitrogens with one attached hydrogen (secondary N) is 2. The number of nitrogens with zero attached hydrogens (tertiary/aromatic N) is 2. The Labute approximate surface area is 125 Å². The van der Waals surface area contributed by atoms with E-state index in [1.54, 1.807) is 4.68 Å². The molecule has 2 aromatic rings. The van der Waals surface area contributed by atoms with Gasteiger partial charge in [-0.2, -0.15) is 5.10 Å². The van der Waals surface area contributed by atoms with Gasteiger partial charge in [0.05, 0.1) is 11.3 Å². The van der Waals surface area contributed by atoms with Crippen molar-refractivity contribution in [1.29, 1.82) is 0 Å². The zero-order valence-corrected chi connectivity index (χ0v) is 13.0. The summed E-state index contributed by atoms with van der Waals surface area (Å²) in [7, 11) is 1.88. The van der Waals surface area contributed by atoms with Crippen LogP contribution in [0.2, 0.25) is 0 Å². The largest absolute Gasteiger partial charge is 0.385 e. The third-order valence-corrected chi connectivity index (χ3v) is 3.34. The molecular formula is C16H22N4O. The molecule has 0 radical (unpaired) electrons. The molecule has 1 aromatic carbocycles. The van der Waals surface area contributed by atoms with E-state index in [0.29, 0.717) is 12.1 Å². The fourth-order valence-corrected chi connectivity index (χ4v) is 2.29. The lowest BCUT2D eigenvalue weighted by Crippen LogP contribution is -2.24. The van der Waals surface area contributed by atoms with E-state index in [4.69, 9.17) is 0 Å². The van der Waals surface area contributed by atoms with Crippen LogP contribution in [0.5, 0.6) is 0 Å². The van der Waals surface area contributed by atoms with Crippen LogP contribution in [0.15, 0.2) is 24.4 Å². The van der Waals surface area contributed by atoms with E-state index in [1.165, 1.54) is 0 Å². The highest BCUT2D eigenvalue weighted by Crippen LogP contribution is 2.17. The van der Waals surface area contributed by atoms with Crippen LogP contribution in [0.25, 0.3) is 0 Å². The average molecular weight is 286 g/mol. The van der Waals surface area contributed by atoms with Gasteiger partial charge in [0.15, 0.2) is 0 Å². The number of aromatic nitrogens is 2. The van der Waals surface area contributed by atoms with Crippen LogP contribution in [-0.2, 0) is 13.6 Å². The third-order valence-electron chi connectivity index (χ3n) is 3.34. The molecule has 2 N–H and O–H groups in total. The van der Waals surface area contributed by atoms with Gasteiger partial charge in [0.2, 0.25) is 0 Å². The summed E-state index contributed by atoms with van der Waals surface area (Å²) in [6.45, 7) is 7.24. The number of carbonyl (C=O) groups excluding carboxylic acids is 1. The molecule has 0 spiro atoms. The minimum absolute atomic E-state index is 0.0748. The van der Waals surface area contributed by atoms with Crippen molar-refractivity contribution in [2.24, 2.45) is 7.05 Å². The quantitative estimate of drug-likeness (QED) is 0.887. The van der Waals surface area contributed by atoms with Crippen molar-refractivity contribution in [3.8, 4) is 0 Å². The Bertz CT molecular complexity index is 646. The molecule has 1 aromatic heterocycles. The lowest BCUT2D eigenvalue weighted by molar-refractivity contribution is 0.0951. The fraction of sp³-hybridized carbons (Fsp3) is 0.375. The van der Waals surface area contributed by atoms with E-state index in [-0.39, 0.29) is 5.91 Å². The molecule has 1 heterocycles. The van der Waals surface area contributed by atoms with Gasteiger partial charge < -0.3 is 10.6 Å². The van der Waals surface area contributed by atoms with Crippen molar-refractivity contribution >= 4 is 11.6 Å². The summed E-state index contributed by atoms with van der Waals surface area (Å²) in [5.74, 6) is -0.0748. The molecule has 5 nitrogen and oxygen atoms in total. The summed E-state index contributed by atoms with van der Waals surface area (Å²) in [5, 5.41) is 10.5. The number of carbonyl (C=O) groups is 1. The average Bonchev–Trinajstić information content (AvgIpc) is 2.75. The summed E-state index contributed by atoms with van der Waals surface area (Å²) in [6.07, 6.45) is 1.93. The van der Waals surface area contributed by atoms with Gasteiger partial charge in [-0.25, -0.2) is 0 Å². The molecular weight excluding hydrogens is 264 g/mol. The summed E-state index contributed by atoms with van der Waals surface area (Å²) in [4.78, 5) is 12.4. The van der Waals surface area contributed by atoms with Gasteiger partial charge in [0, 0.05) is 37.6 Å².